The van der Waals surface area contributed by atoms with Gasteiger partial charge in [0.1, 0.15) is 28.8 Å². The Kier molecular flexibility index (Phi) is 16.4. The largest absolute Gasteiger partial charge is 0.506 e. The summed E-state index contributed by atoms with van der Waals surface area (Å²) in [5.41, 5.74) is 6.88. The van der Waals surface area contributed by atoms with Gasteiger partial charge in [0.05, 0.1) is 18.9 Å². The summed E-state index contributed by atoms with van der Waals surface area (Å²) in [5.74, 6) is 0.477. The number of phenols is 1. The molecule has 0 saturated carbocycles. The summed E-state index contributed by atoms with van der Waals surface area (Å²) in [6.45, 7) is 5.09. The molecule has 2 rings (SSSR count). The fraction of sp³-hybridized carbons (Fsp3) is 0.625. The van der Waals surface area contributed by atoms with Gasteiger partial charge in [0.15, 0.2) is 0 Å². The van der Waals surface area contributed by atoms with E-state index in [0.717, 1.165) is 18.4 Å². The van der Waals surface area contributed by atoms with E-state index >= 15 is 0 Å². The van der Waals surface area contributed by atoms with Gasteiger partial charge in [-0.1, -0.05) is 90.4 Å². The van der Waals surface area contributed by atoms with Crippen LogP contribution in [-0.2, 0) is 14.8 Å². The van der Waals surface area contributed by atoms with Gasteiger partial charge in [-0.2, -0.15) is 0 Å². The fourth-order valence-electron chi connectivity index (χ4n) is 4.68. The molecule has 0 saturated heterocycles. The van der Waals surface area contributed by atoms with Gasteiger partial charge < -0.3 is 25.1 Å². The molecule has 9 heteroatoms. The van der Waals surface area contributed by atoms with Crippen molar-refractivity contribution in [1.82, 2.24) is 0 Å². The van der Waals surface area contributed by atoms with Crippen LogP contribution < -0.4 is 19.9 Å². The van der Waals surface area contributed by atoms with Crippen LogP contribution in [0.4, 0.5) is 11.4 Å². The van der Waals surface area contributed by atoms with Crippen molar-refractivity contribution in [3.63, 3.8) is 0 Å². The van der Waals surface area contributed by atoms with Crippen molar-refractivity contribution < 1.29 is 27.7 Å². The summed E-state index contributed by atoms with van der Waals surface area (Å²) in [4.78, 5) is -0.126. The zero-order chi connectivity index (χ0) is 29.9. The molecule has 0 amide bonds. The lowest BCUT2D eigenvalue weighted by Crippen LogP contribution is -2.16. The fourth-order valence-corrected chi connectivity index (χ4v) is 5.92. The van der Waals surface area contributed by atoms with Crippen molar-refractivity contribution in [2.24, 2.45) is 0 Å². The number of ether oxygens (including phenoxy) is 3. The molecule has 0 aliphatic heterocycles. The van der Waals surface area contributed by atoms with E-state index in [1.54, 1.807) is 6.07 Å². The van der Waals surface area contributed by atoms with Crippen LogP contribution in [0.1, 0.15) is 102 Å². The van der Waals surface area contributed by atoms with Crippen molar-refractivity contribution in [1.29, 1.82) is 0 Å². The molecule has 0 fully saturated rings. The van der Waals surface area contributed by atoms with E-state index in [-0.39, 0.29) is 34.4 Å². The topological polar surface area (TPSA) is 120 Å². The van der Waals surface area contributed by atoms with Gasteiger partial charge in [0.25, 0.3) is 10.0 Å². The number of phenolic OH excluding ortho intramolecular Hbond substituents is 1. The van der Waals surface area contributed by atoms with Crippen LogP contribution in [0.15, 0.2) is 35.2 Å². The van der Waals surface area contributed by atoms with Gasteiger partial charge in [-0.25, -0.2) is 8.42 Å². The summed E-state index contributed by atoms with van der Waals surface area (Å²) in [5, 5.41) is 10.5. The summed E-state index contributed by atoms with van der Waals surface area (Å²) in [6.07, 6.45) is 18.0. The minimum atomic E-state index is -4.12. The molecule has 0 bridgehead atoms. The number of nitrogen functional groups attached to an aromatic ring is 1. The molecular formula is C32H52N2O6S. The Hall–Kier alpha value is -2.65. The van der Waals surface area contributed by atoms with Crippen LogP contribution in [0.5, 0.6) is 17.2 Å². The smallest absolute Gasteiger partial charge is 0.265 e. The Bertz CT molecular complexity index is 1120. The number of rotatable bonds is 23. The van der Waals surface area contributed by atoms with E-state index < -0.39 is 10.0 Å². The lowest BCUT2D eigenvalue weighted by molar-refractivity contribution is 0.144. The van der Waals surface area contributed by atoms with Crippen molar-refractivity contribution in [2.45, 2.75) is 109 Å². The van der Waals surface area contributed by atoms with E-state index in [4.69, 9.17) is 19.9 Å². The second kappa shape index (κ2) is 19.5. The van der Waals surface area contributed by atoms with Crippen LogP contribution in [0, 0.1) is 6.92 Å². The molecule has 0 spiro atoms. The van der Waals surface area contributed by atoms with Gasteiger partial charge in [-0.05, 0) is 43.2 Å². The molecule has 4 N–H and O–H groups in total. The van der Waals surface area contributed by atoms with Crippen molar-refractivity contribution in [3.8, 4) is 17.2 Å². The molecule has 0 heterocycles. The average Bonchev–Trinajstić information content (AvgIpc) is 2.94. The maximum atomic E-state index is 13.2. The van der Waals surface area contributed by atoms with Crippen LogP contribution in [0.2, 0.25) is 0 Å². The zero-order valence-electron chi connectivity index (χ0n) is 25.4. The molecule has 0 atom stereocenters. The van der Waals surface area contributed by atoms with Crippen LogP contribution in [0.25, 0.3) is 0 Å². The van der Waals surface area contributed by atoms with Gasteiger partial charge in [0, 0.05) is 18.9 Å². The molecule has 0 aliphatic carbocycles. The van der Waals surface area contributed by atoms with Crippen molar-refractivity contribution in [2.75, 3.05) is 37.4 Å². The lowest BCUT2D eigenvalue weighted by Gasteiger charge is -2.16. The second-order valence-electron chi connectivity index (χ2n) is 10.7. The first-order chi connectivity index (χ1) is 19.8. The van der Waals surface area contributed by atoms with Gasteiger partial charge in [-0.15, -0.1) is 0 Å². The number of aryl methyl sites for hydroxylation is 1. The summed E-state index contributed by atoms with van der Waals surface area (Å²) in [7, 11) is -2.59. The Balaban J connectivity index is 1.78. The van der Waals surface area contributed by atoms with Crippen LogP contribution >= 0.6 is 0 Å². The average molecular weight is 593 g/mol. The maximum Gasteiger partial charge on any atom is 0.265 e. The Morgan fingerprint density at radius 2 is 1.32 bits per heavy atom. The Morgan fingerprint density at radius 1 is 0.756 bits per heavy atom. The number of anilines is 2. The number of sulfonamides is 1. The van der Waals surface area contributed by atoms with Crippen LogP contribution in [-0.4, -0.2) is 40.5 Å². The third kappa shape index (κ3) is 13.3. The first-order valence-electron chi connectivity index (χ1n) is 15.3. The normalized spacial score (nSPS) is 11.5. The van der Waals surface area contributed by atoms with Crippen molar-refractivity contribution in [3.05, 3.63) is 35.9 Å². The molecule has 8 nitrogen and oxygen atoms in total. The highest BCUT2D eigenvalue weighted by Crippen LogP contribution is 2.35. The SMILES string of the molecule is CCCCCCCCCCCCCCCCOc1cc(NS(=O)(=O)c2cc(N)ccc2OCCOC)c(O)cc1C. The lowest BCUT2D eigenvalue weighted by atomic mass is 10.0. The highest BCUT2D eigenvalue weighted by Gasteiger charge is 2.23. The summed E-state index contributed by atoms with van der Waals surface area (Å²) < 4.78 is 45.4. The molecule has 0 aromatic heterocycles. The number of nitrogens with one attached hydrogen (secondary N) is 1. The molecule has 0 aliphatic rings. The van der Waals surface area contributed by atoms with Gasteiger partial charge >= 0.3 is 0 Å². The van der Waals surface area contributed by atoms with E-state index in [1.165, 1.54) is 108 Å². The first-order valence-corrected chi connectivity index (χ1v) is 16.8. The highest BCUT2D eigenvalue weighted by molar-refractivity contribution is 7.92. The molecule has 0 radical (unpaired) electrons. The number of benzene rings is 2. The molecule has 0 unspecified atom stereocenters. The number of nitrogens with two attached hydrogens (primary N) is 1. The van der Waals surface area contributed by atoms with E-state index in [0.29, 0.717) is 19.0 Å². The molecular weight excluding hydrogens is 540 g/mol. The Labute approximate surface area is 248 Å². The number of hydrogen-bond donors (Lipinski definition) is 3. The number of hydrogen-bond acceptors (Lipinski definition) is 7. The molecule has 41 heavy (non-hydrogen) atoms. The Morgan fingerprint density at radius 3 is 1.90 bits per heavy atom. The van der Waals surface area contributed by atoms with E-state index in [9.17, 15) is 13.5 Å². The van der Waals surface area contributed by atoms with Crippen LogP contribution in [0.3, 0.4) is 0 Å². The molecule has 2 aromatic carbocycles. The number of methoxy groups -OCH3 is 1. The summed E-state index contributed by atoms with van der Waals surface area (Å²) in [6, 6.07) is 7.40. The van der Waals surface area contributed by atoms with E-state index in [1.807, 2.05) is 6.92 Å². The van der Waals surface area contributed by atoms with Crippen molar-refractivity contribution >= 4 is 21.4 Å². The zero-order valence-corrected chi connectivity index (χ0v) is 26.2. The monoisotopic (exact) mass is 592 g/mol. The number of unbranched alkanes of at least 4 members (excludes halogenated alkanes) is 13. The standard InChI is InChI=1S/C32H52N2O6S/c1-4-5-6-7-8-9-10-11-12-13-14-15-16-17-20-39-31-25-28(29(35)23-26(31)2)34-41(36,37)32-24-27(33)18-19-30(32)40-22-21-38-3/h18-19,23-25,34-35H,4-17,20-22,33H2,1-3H3. The maximum absolute atomic E-state index is 13.2. The third-order valence-corrected chi connectivity index (χ3v) is 8.48. The summed E-state index contributed by atoms with van der Waals surface area (Å²) >= 11 is 0. The van der Waals surface area contributed by atoms with Gasteiger partial charge in [-0.3, -0.25) is 4.72 Å². The second-order valence-corrected chi connectivity index (χ2v) is 12.4. The highest BCUT2D eigenvalue weighted by atomic mass is 32.2. The predicted octanol–water partition coefficient (Wildman–Crippen LogP) is 7.97. The number of aromatic hydroxyl groups is 1. The predicted molar refractivity (Wildman–Crippen MR) is 168 cm³/mol. The third-order valence-electron chi connectivity index (χ3n) is 7.10. The molecule has 2 aromatic rings. The minimum Gasteiger partial charge on any atom is -0.506 e. The quantitative estimate of drug-likeness (QED) is 0.0680. The molecule has 232 valence electrons. The first kappa shape index (κ1) is 34.6. The van der Waals surface area contributed by atoms with Gasteiger partial charge in [0.2, 0.25) is 0 Å². The van der Waals surface area contributed by atoms with E-state index in [2.05, 4.69) is 11.6 Å². The minimum absolute atomic E-state index is 0.0248.